The second-order valence-electron chi connectivity index (χ2n) is 9.65. The quantitative estimate of drug-likeness (QED) is 0.316. The Morgan fingerprint density at radius 3 is 2.39 bits per heavy atom. The fraction of sp³-hybridized carbons (Fsp3) is 0.355. The maximum Gasteiger partial charge on any atom is 0.243 e. The summed E-state index contributed by atoms with van der Waals surface area (Å²) >= 11 is 3.54. The third kappa shape index (κ3) is 7.60. The van der Waals surface area contributed by atoms with E-state index in [1.54, 1.807) is 4.90 Å². The van der Waals surface area contributed by atoms with Crippen molar-refractivity contribution in [3.8, 4) is 11.5 Å². The molecular formula is C31H35BrN2O4. The number of fused-ring (bicyclic) bond motifs is 1. The van der Waals surface area contributed by atoms with Crippen molar-refractivity contribution in [2.75, 3.05) is 13.2 Å². The highest BCUT2D eigenvalue weighted by Crippen LogP contribution is 2.31. The van der Waals surface area contributed by atoms with Crippen LogP contribution in [0.3, 0.4) is 0 Å². The summed E-state index contributed by atoms with van der Waals surface area (Å²) in [7, 11) is 0. The zero-order chi connectivity index (χ0) is 26.9. The largest absolute Gasteiger partial charge is 0.486 e. The molecule has 0 saturated heterocycles. The van der Waals surface area contributed by atoms with Crippen LogP contribution < -0.4 is 14.8 Å². The number of carbonyl (C=O) groups excluding carboxylic acids is 2. The molecule has 0 radical (unpaired) electrons. The van der Waals surface area contributed by atoms with Crippen LogP contribution in [0.2, 0.25) is 0 Å². The number of halogens is 1. The number of aryl methyl sites for hydroxylation is 1. The first-order chi connectivity index (χ1) is 18.4. The first-order valence-corrected chi connectivity index (χ1v) is 14.0. The van der Waals surface area contributed by atoms with Crippen LogP contribution in [0.4, 0.5) is 0 Å². The summed E-state index contributed by atoms with van der Waals surface area (Å²) in [5, 5.41) is 3.12. The summed E-state index contributed by atoms with van der Waals surface area (Å²) < 4.78 is 12.3. The van der Waals surface area contributed by atoms with Crippen LogP contribution in [0.1, 0.15) is 43.4 Å². The lowest BCUT2D eigenvalue weighted by atomic mass is 10.0. The molecular weight excluding hydrogens is 544 g/mol. The Kier molecular flexibility index (Phi) is 9.82. The second kappa shape index (κ2) is 13.5. The van der Waals surface area contributed by atoms with Crippen molar-refractivity contribution in [1.82, 2.24) is 10.2 Å². The maximum atomic E-state index is 13.9. The molecule has 7 heteroatoms. The van der Waals surface area contributed by atoms with E-state index in [0.717, 1.165) is 33.3 Å². The van der Waals surface area contributed by atoms with Gasteiger partial charge in [0.15, 0.2) is 11.5 Å². The van der Waals surface area contributed by atoms with Crippen LogP contribution in [-0.4, -0.2) is 42.0 Å². The van der Waals surface area contributed by atoms with Crippen LogP contribution in [0.25, 0.3) is 0 Å². The fourth-order valence-corrected chi connectivity index (χ4v) is 4.91. The number of carbonyl (C=O) groups is 2. The Bertz CT molecular complexity index is 1230. The van der Waals surface area contributed by atoms with E-state index in [4.69, 9.17) is 9.47 Å². The third-order valence-electron chi connectivity index (χ3n) is 6.75. The van der Waals surface area contributed by atoms with Gasteiger partial charge >= 0.3 is 0 Å². The highest BCUT2D eigenvalue weighted by molar-refractivity contribution is 9.10. The lowest BCUT2D eigenvalue weighted by Gasteiger charge is -2.32. The average Bonchev–Trinajstić information content (AvgIpc) is 2.94. The van der Waals surface area contributed by atoms with E-state index in [1.165, 1.54) is 0 Å². The summed E-state index contributed by atoms with van der Waals surface area (Å²) in [5.74, 6) is 1.24. The van der Waals surface area contributed by atoms with Crippen molar-refractivity contribution >= 4 is 27.7 Å². The fourth-order valence-electron chi connectivity index (χ4n) is 4.47. The topological polar surface area (TPSA) is 67.9 Å². The van der Waals surface area contributed by atoms with Crippen molar-refractivity contribution in [2.45, 2.75) is 58.2 Å². The minimum atomic E-state index is -0.641. The van der Waals surface area contributed by atoms with Crippen LogP contribution in [-0.2, 0) is 29.0 Å². The van der Waals surface area contributed by atoms with E-state index in [0.29, 0.717) is 38.3 Å². The predicted molar refractivity (Wildman–Crippen MR) is 152 cm³/mol. The predicted octanol–water partition coefficient (Wildman–Crippen LogP) is 5.71. The summed E-state index contributed by atoms with van der Waals surface area (Å²) in [5.41, 5.74) is 2.96. The maximum absolute atomic E-state index is 13.9. The first-order valence-electron chi connectivity index (χ1n) is 13.2. The molecule has 0 bridgehead atoms. The number of hydrogen-bond donors (Lipinski definition) is 1. The summed E-state index contributed by atoms with van der Waals surface area (Å²) in [6.07, 6.45) is 2.06. The van der Waals surface area contributed by atoms with Gasteiger partial charge in [-0.2, -0.15) is 0 Å². The number of rotatable bonds is 11. The van der Waals surface area contributed by atoms with Gasteiger partial charge in [0.1, 0.15) is 19.3 Å². The molecule has 38 heavy (non-hydrogen) atoms. The number of ether oxygens (including phenoxy) is 2. The monoisotopic (exact) mass is 578 g/mol. The summed E-state index contributed by atoms with van der Waals surface area (Å²) in [6.45, 7) is 5.42. The van der Waals surface area contributed by atoms with Gasteiger partial charge in [0.05, 0.1) is 0 Å². The van der Waals surface area contributed by atoms with Gasteiger partial charge in [0.25, 0.3) is 0 Å². The highest BCUT2D eigenvalue weighted by atomic mass is 79.9. The molecule has 1 aliphatic rings. The molecule has 0 unspecified atom stereocenters. The van der Waals surface area contributed by atoms with E-state index in [-0.39, 0.29) is 24.3 Å². The molecule has 4 rings (SSSR count). The average molecular weight is 580 g/mol. The highest BCUT2D eigenvalue weighted by Gasteiger charge is 2.31. The minimum Gasteiger partial charge on any atom is -0.486 e. The molecule has 0 aliphatic carbocycles. The van der Waals surface area contributed by atoms with Crippen molar-refractivity contribution in [2.24, 2.45) is 0 Å². The van der Waals surface area contributed by atoms with Gasteiger partial charge < -0.3 is 19.7 Å². The van der Waals surface area contributed by atoms with Gasteiger partial charge in [-0.3, -0.25) is 9.59 Å². The van der Waals surface area contributed by atoms with Gasteiger partial charge in [-0.15, -0.1) is 0 Å². The zero-order valence-corrected chi connectivity index (χ0v) is 23.6. The minimum absolute atomic E-state index is 0.0151. The second-order valence-corrected chi connectivity index (χ2v) is 10.6. The zero-order valence-electron chi connectivity index (χ0n) is 22.0. The molecule has 0 aromatic heterocycles. The number of amides is 2. The van der Waals surface area contributed by atoms with Crippen LogP contribution in [0.5, 0.6) is 11.5 Å². The van der Waals surface area contributed by atoms with E-state index < -0.39 is 6.04 Å². The number of hydrogen-bond acceptors (Lipinski definition) is 4. The molecule has 1 aliphatic heterocycles. The Balaban J connectivity index is 1.60. The lowest BCUT2D eigenvalue weighted by Crippen LogP contribution is -2.52. The summed E-state index contributed by atoms with van der Waals surface area (Å²) in [6, 6.07) is 22.9. The van der Waals surface area contributed by atoms with Crippen molar-refractivity contribution in [1.29, 1.82) is 0 Å². The van der Waals surface area contributed by atoms with Crippen LogP contribution >= 0.6 is 15.9 Å². The van der Waals surface area contributed by atoms with Gasteiger partial charge in [-0.05, 0) is 60.7 Å². The Morgan fingerprint density at radius 1 is 0.921 bits per heavy atom. The number of benzene rings is 3. The Hall–Kier alpha value is -3.32. The van der Waals surface area contributed by atoms with Gasteiger partial charge in [0, 0.05) is 29.9 Å². The molecule has 3 aromatic carbocycles. The molecule has 1 heterocycles. The van der Waals surface area contributed by atoms with E-state index in [1.807, 2.05) is 86.6 Å². The molecule has 1 N–H and O–H groups in total. The van der Waals surface area contributed by atoms with Gasteiger partial charge in [-0.1, -0.05) is 71.4 Å². The Morgan fingerprint density at radius 2 is 1.66 bits per heavy atom. The molecule has 200 valence electrons. The molecule has 0 fully saturated rings. The number of nitrogens with one attached hydrogen (secondary N) is 1. The summed E-state index contributed by atoms with van der Waals surface area (Å²) in [4.78, 5) is 29.2. The molecule has 0 saturated carbocycles. The lowest BCUT2D eigenvalue weighted by molar-refractivity contribution is -0.141. The Labute approximate surface area is 233 Å². The molecule has 3 aromatic rings. The molecule has 2 atom stereocenters. The first kappa shape index (κ1) is 27.7. The van der Waals surface area contributed by atoms with Crippen LogP contribution in [0, 0.1) is 0 Å². The molecule has 0 spiro atoms. The number of nitrogens with zero attached hydrogens (tertiary/aromatic N) is 1. The molecule has 2 amide bonds. The molecule has 6 nitrogen and oxygen atoms in total. The van der Waals surface area contributed by atoms with Crippen molar-refractivity contribution in [3.05, 3.63) is 94.0 Å². The van der Waals surface area contributed by atoms with E-state index >= 15 is 0 Å². The standard InChI is InChI=1S/C31H35BrN2O4/c1-3-22(2)33-31(36)27(19-23-8-5-4-6-9-23)34(21-25-10-7-11-26(32)18-25)30(35)15-13-24-12-14-28-29(20-24)38-17-16-37-28/h4-12,14,18,20,22,27H,3,13,15-17,19,21H2,1-2H3,(H,33,36)/t22-,27-/m1/s1. The van der Waals surface area contributed by atoms with Gasteiger partial charge in [0.2, 0.25) is 11.8 Å². The van der Waals surface area contributed by atoms with Crippen molar-refractivity contribution < 1.29 is 19.1 Å². The smallest absolute Gasteiger partial charge is 0.243 e. The SMILES string of the molecule is CC[C@@H](C)NC(=O)[C@@H](Cc1ccccc1)N(Cc1cccc(Br)c1)C(=O)CCc1ccc2c(c1)OCCO2. The normalized spacial score (nSPS) is 13.9. The third-order valence-corrected chi connectivity index (χ3v) is 7.24. The van der Waals surface area contributed by atoms with E-state index in [9.17, 15) is 9.59 Å². The van der Waals surface area contributed by atoms with E-state index in [2.05, 4.69) is 21.2 Å². The van der Waals surface area contributed by atoms with Crippen molar-refractivity contribution in [3.63, 3.8) is 0 Å². The van der Waals surface area contributed by atoms with Crippen LogP contribution in [0.15, 0.2) is 77.3 Å². The van der Waals surface area contributed by atoms with Gasteiger partial charge in [-0.25, -0.2) is 0 Å².